The number of hydrogen-bond donors (Lipinski definition) is 2. The Bertz CT molecular complexity index is 789. The molecule has 0 radical (unpaired) electrons. The molecule has 182 valence electrons. The summed E-state index contributed by atoms with van der Waals surface area (Å²) in [5.41, 5.74) is 1.45. The van der Waals surface area contributed by atoms with E-state index >= 15 is 0 Å². The molecule has 0 aromatic rings. The Hall–Kier alpha value is -0.380. The van der Waals surface area contributed by atoms with E-state index in [0.29, 0.717) is 17.8 Å². The molecule has 4 fully saturated rings. The maximum absolute atomic E-state index is 11.6. The van der Waals surface area contributed by atoms with E-state index in [0.717, 1.165) is 37.5 Å². The van der Waals surface area contributed by atoms with E-state index in [9.17, 15) is 10.2 Å². The van der Waals surface area contributed by atoms with Gasteiger partial charge in [-0.1, -0.05) is 53.2 Å². The van der Waals surface area contributed by atoms with E-state index in [4.69, 9.17) is 4.74 Å². The van der Waals surface area contributed by atoms with Crippen LogP contribution in [0, 0.1) is 46.3 Å². The lowest BCUT2D eigenvalue weighted by Gasteiger charge is -2.58. The Morgan fingerprint density at radius 1 is 0.938 bits per heavy atom. The standard InChI is InChI=1S/C29H48O3/c1-17(2)18(3)19(4)25(31)28(7)29(32-28)15-12-24-22-9-8-20-16-21(30)10-13-26(20,5)23(22)11-14-27(24,29)6/h8,17-19,21-25,30-31H,9-16H2,1-7H3/t18?,19?,21-,22+,23-,24-,25?,26-,27-,28-,29+/m0/s1. The summed E-state index contributed by atoms with van der Waals surface area (Å²) in [7, 11) is 0. The molecule has 32 heavy (non-hydrogen) atoms. The zero-order chi connectivity index (χ0) is 23.3. The monoisotopic (exact) mass is 444 g/mol. The molecule has 0 bridgehead atoms. The van der Waals surface area contributed by atoms with Crippen LogP contribution in [0.15, 0.2) is 11.6 Å². The van der Waals surface area contributed by atoms with E-state index in [1.807, 2.05) is 0 Å². The highest BCUT2D eigenvalue weighted by Gasteiger charge is 2.81. The molecule has 3 saturated carbocycles. The van der Waals surface area contributed by atoms with E-state index in [1.54, 1.807) is 5.57 Å². The second kappa shape index (κ2) is 7.31. The van der Waals surface area contributed by atoms with Crippen molar-refractivity contribution in [2.45, 2.75) is 123 Å². The highest BCUT2D eigenvalue weighted by atomic mass is 16.6. The molecule has 5 aliphatic rings. The van der Waals surface area contributed by atoms with Crippen LogP contribution in [0.2, 0.25) is 0 Å². The molecule has 11 atom stereocenters. The van der Waals surface area contributed by atoms with Crippen LogP contribution in [0.5, 0.6) is 0 Å². The molecule has 1 spiro atoms. The molecular formula is C29H48O3. The Balaban J connectivity index is 1.41. The molecule has 2 N–H and O–H groups in total. The smallest absolute Gasteiger partial charge is 0.122 e. The van der Waals surface area contributed by atoms with Crippen molar-refractivity contribution in [2.75, 3.05) is 0 Å². The topological polar surface area (TPSA) is 53.0 Å². The van der Waals surface area contributed by atoms with Crippen LogP contribution >= 0.6 is 0 Å². The minimum absolute atomic E-state index is 0.133. The number of hydrogen-bond acceptors (Lipinski definition) is 3. The highest BCUT2D eigenvalue weighted by molar-refractivity contribution is 5.32. The summed E-state index contributed by atoms with van der Waals surface area (Å²) >= 11 is 0. The lowest BCUT2D eigenvalue weighted by Crippen LogP contribution is -2.54. The van der Waals surface area contributed by atoms with Gasteiger partial charge in [0.15, 0.2) is 0 Å². The van der Waals surface area contributed by atoms with Crippen LogP contribution in [-0.2, 0) is 4.74 Å². The lowest BCUT2D eigenvalue weighted by molar-refractivity contribution is -0.0568. The van der Waals surface area contributed by atoms with Gasteiger partial charge in [0.05, 0.1) is 12.2 Å². The Kier molecular flexibility index (Phi) is 5.34. The summed E-state index contributed by atoms with van der Waals surface area (Å²) in [4.78, 5) is 0. The van der Waals surface area contributed by atoms with Crippen molar-refractivity contribution in [3.8, 4) is 0 Å². The van der Waals surface area contributed by atoms with E-state index in [-0.39, 0.29) is 28.5 Å². The number of allylic oxidation sites excluding steroid dienone is 1. The van der Waals surface area contributed by atoms with Gasteiger partial charge >= 0.3 is 0 Å². The van der Waals surface area contributed by atoms with Crippen LogP contribution in [0.3, 0.4) is 0 Å². The van der Waals surface area contributed by atoms with Gasteiger partial charge in [0, 0.05) is 5.41 Å². The number of aliphatic hydroxyl groups is 2. The summed E-state index contributed by atoms with van der Waals surface area (Å²) in [5, 5.41) is 21.8. The van der Waals surface area contributed by atoms with Crippen molar-refractivity contribution in [1.29, 1.82) is 0 Å². The van der Waals surface area contributed by atoms with Crippen LogP contribution in [-0.4, -0.2) is 33.6 Å². The largest absolute Gasteiger partial charge is 0.393 e. The van der Waals surface area contributed by atoms with Gasteiger partial charge in [-0.05, 0) is 99.2 Å². The van der Waals surface area contributed by atoms with Crippen LogP contribution < -0.4 is 0 Å². The fourth-order valence-corrected chi connectivity index (χ4v) is 9.65. The average Bonchev–Trinajstić information content (AvgIpc) is 3.27. The number of aliphatic hydroxyl groups excluding tert-OH is 2. The highest BCUT2D eigenvalue weighted by Crippen LogP contribution is 2.76. The minimum Gasteiger partial charge on any atom is -0.393 e. The van der Waals surface area contributed by atoms with Crippen molar-refractivity contribution >= 4 is 0 Å². The zero-order valence-corrected chi connectivity index (χ0v) is 21.7. The van der Waals surface area contributed by atoms with Crippen LogP contribution in [0.25, 0.3) is 0 Å². The first kappa shape index (κ1) is 23.4. The molecule has 0 aromatic heterocycles. The fraction of sp³-hybridized carbons (Fsp3) is 0.931. The van der Waals surface area contributed by atoms with Gasteiger partial charge in [0.25, 0.3) is 0 Å². The van der Waals surface area contributed by atoms with Crippen LogP contribution in [0.4, 0.5) is 0 Å². The quantitative estimate of drug-likeness (QED) is 0.405. The predicted molar refractivity (Wildman–Crippen MR) is 129 cm³/mol. The van der Waals surface area contributed by atoms with Crippen molar-refractivity contribution in [1.82, 2.24) is 0 Å². The molecule has 3 heteroatoms. The third kappa shape index (κ3) is 2.83. The lowest BCUT2D eigenvalue weighted by atomic mass is 9.46. The van der Waals surface area contributed by atoms with Gasteiger partial charge < -0.3 is 14.9 Å². The fourth-order valence-electron chi connectivity index (χ4n) is 9.65. The van der Waals surface area contributed by atoms with Crippen molar-refractivity contribution in [3.05, 3.63) is 11.6 Å². The molecule has 0 amide bonds. The molecule has 1 saturated heterocycles. The molecule has 3 unspecified atom stereocenters. The number of fused-ring (bicyclic) bond motifs is 6. The summed E-state index contributed by atoms with van der Waals surface area (Å²) in [5.74, 6) is 3.46. The van der Waals surface area contributed by atoms with Gasteiger partial charge in [-0.2, -0.15) is 0 Å². The first-order valence-electron chi connectivity index (χ1n) is 13.7. The maximum atomic E-state index is 11.6. The van der Waals surface area contributed by atoms with E-state index < -0.39 is 11.7 Å². The average molecular weight is 445 g/mol. The second-order valence-electron chi connectivity index (χ2n) is 13.6. The molecule has 0 aromatic carbocycles. The molecule has 3 nitrogen and oxygen atoms in total. The molecule has 1 aliphatic heterocycles. The summed E-state index contributed by atoms with van der Waals surface area (Å²) in [6.07, 6.45) is 11.0. The van der Waals surface area contributed by atoms with Gasteiger partial charge in [-0.15, -0.1) is 0 Å². The normalized spacial score (nSPS) is 52.6. The van der Waals surface area contributed by atoms with Crippen molar-refractivity contribution in [2.24, 2.45) is 46.3 Å². The van der Waals surface area contributed by atoms with Gasteiger partial charge in [-0.25, -0.2) is 0 Å². The van der Waals surface area contributed by atoms with E-state index in [2.05, 4.69) is 54.5 Å². The number of rotatable bonds is 4. The van der Waals surface area contributed by atoms with Gasteiger partial charge in [0.1, 0.15) is 11.2 Å². The summed E-state index contributed by atoms with van der Waals surface area (Å²) in [6, 6.07) is 0. The predicted octanol–water partition coefficient (Wildman–Crippen LogP) is 6.13. The minimum atomic E-state index is -0.402. The zero-order valence-electron chi connectivity index (χ0n) is 21.7. The van der Waals surface area contributed by atoms with E-state index in [1.165, 1.54) is 25.7 Å². The maximum Gasteiger partial charge on any atom is 0.122 e. The third-order valence-electron chi connectivity index (χ3n) is 12.3. The Labute approximate surface area is 196 Å². The number of ether oxygens (including phenoxy) is 1. The SMILES string of the molecule is CC(C)C(C)C(C)C(O)[C@]1(C)O[C@@]12CC[C@H]1[C@@H]3CC=C4C[C@@H](O)CC[C@]4(C)[C@H]3CC[C@@]12C. The van der Waals surface area contributed by atoms with Crippen molar-refractivity contribution in [3.63, 3.8) is 0 Å². The summed E-state index contributed by atoms with van der Waals surface area (Å²) in [6.45, 7) is 16.3. The molecule has 4 aliphatic carbocycles. The summed E-state index contributed by atoms with van der Waals surface area (Å²) < 4.78 is 6.77. The van der Waals surface area contributed by atoms with Crippen LogP contribution in [0.1, 0.15) is 99.8 Å². The van der Waals surface area contributed by atoms with Crippen molar-refractivity contribution < 1.29 is 14.9 Å². The second-order valence-corrected chi connectivity index (χ2v) is 13.6. The first-order chi connectivity index (χ1) is 14.9. The van der Waals surface area contributed by atoms with Gasteiger partial charge in [0.2, 0.25) is 0 Å². The molecule has 5 rings (SSSR count). The first-order valence-corrected chi connectivity index (χ1v) is 13.7. The van der Waals surface area contributed by atoms with Gasteiger partial charge in [-0.3, -0.25) is 0 Å². The number of epoxide rings is 1. The Morgan fingerprint density at radius 3 is 2.31 bits per heavy atom. The Morgan fingerprint density at radius 2 is 1.62 bits per heavy atom. The molecular weight excluding hydrogens is 396 g/mol. The molecule has 1 heterocycles. The third-order valence-corrected chi connectivity index (χ3v) is 12.3.